The number of nitrogens with zero attached hydrogens (tertiary/aromatic N) is 2. The van der Waals surface area contributed by atoms with Gasteiger partial charge in [-0.3, -0.25) is 14.9 Å². The molecule has 1 fully saturated rings. The highest BCUT2D eigenvalue weighted by Crippen LogP contribution is 2.26. The molecule has 0 saturated carbocycles. The molecular weight excluding hydrogens is 367 g/mol. The van der Waals surface area contributed by atoms with Crippen LogP contribution in [0.15, 0.2) is 47.6 Å². The molecule has 28 heavy (non-hydrogen) atoms. The molecule has 1 saturated heterocycles. The SMILES string of the molecule is CCN1Cc2ccc(F)cc2C1=O.O=Nc1ccccc1C1NC(=O)NC1=O. The van der Waals surface area contributed by atoms with E-state index in [2.05, 4.69) is 15.8 Å². The maximum atomic E-state index is 12.8. The van der Waals surface area contributed by atoms with Gasteiger partial charge in [0.2, 0.25) is 0 Å². The molecule has 2 heterocycles. The summed E-state index contributed by atoms with van der Waals surface area (Å²) in [4.78, 5) is 45.9. The van der Waals surface area contributed by atoms with Crippen molar-refractivity contribution >= 4 is 23.5 Å². The zero-order valence-electron chi connectivity index (χ0n) is 14.9. The first-order valence-electron chi connectivity index (χ1n) is 8.56. The van der Waals surface area contributed by atoms with E-state index in [1.807, 2.05) is 6.92 Å². The molecule has 0 aromatic heterocycles. The number of urea groups is 1. The molecule has 4 amide bonds. The van der Waals surface area contributed by atoms with E-state index in [0.717, 1.165) is 5.56 Å². The van der Waals surface area contributed by atoms with Crippen molar-refractivity contribution in [3.63, 3.8) is 0 Å². The standard InChI is InChI=1S/C10H10FNO.C9H7N3O3/c1-2-12-6-7-3-4-8(11)5-9(7)10(12)13;13-8-7(10-9(14)11-8)5-3-1-2-4-6(5)12-15/h3-5H,2,6H2,1H3;1-4,7H,(H2,10,11,13,14). The normalized spacial score (nSPS) is 17.4. The molecule has 2 aromatic carbocycles. The van der Waals surface area contributed by atoms with Gasteiger partial charge in [-0.1, -0.05) is 24.3 Å². The fraction of sp³-hybridized carbons (Fsp3) is 0.211. The lowest BCUT2D eigenvalue weighted by molar-refractivity contribution is -0.120. The topological polar surface area (TPSA) is 108 Å². The van der Waals surface area contributed by atoms with Gasteiger partial charge in [-0.2, -0.15) is 0 Å². The molecule has 2 aliphatic rings. The third-order valence-corrected chi connectivity index (χ3v) is 4.45. The van der Waals surface area contributed by atoms with Crippen LogP contribution in [0, 0.1) is 10.7 Å². The maximum absolute atomic E-state index is 12.8. The van der Waals surface area contributed by atoms with E-state index in [4.69, 9.17) is 0 Å². The van der Waals surface area contributed by atoms with Crippen LogP contribution in [0.2, 0.25) is 0 Å². The van der Waals surface area contributed by atoms with Crippen molar-refractivity contribution in [3.8, 4) is 0 Å². The van der Waals surface area contributed by atoms with Crippen molar-refractivity contribution in [2.45, 2.75) is 19.5 Å². The minimum Gasteiger partial charge on any atom is -0.335 e. The highest BCUT2D eigenvalue weighted by Gasteiger charge is 2.32. The average molecular weight is 384 g/mol. The molecule has 2 aromatic rings. The number of carbonyl (C=O) groups excluding carboxylic acids is 3. The lowest BCUT2D eigenvalue weighted by Gasteiger charge is -2.10. The Labute approximate surface area is 159 Å². The fourth-order valence-corrected chi connectivity index (χ4v) is 3.04. The first-order chi connectivity index (χ1) is 13.4. The van der Waals surface area contributed by atoms with Crippen LogP contribution in [0.25, 0.3) is 0 Å². The number of nitroso groups, excluding NO2 is 1. The Hall–Kier alpha value is -3.62. The first kappa shape index (κ1) is 19.2. The molecule has 2 N–H and O–H groups in total. The minimum atomic E-state index is -0.827. The van der Waals surface area contributed by atoms with E-state index in [1.165, 1.54) is 18.2 Å². The molecule has 0 spiro atoms. The number of hydrogen-bond donors (Lipinski definition) is 2. The molecular formula is C19H17FN4O4. The number of nitrogens with one attached hydrogen (secondary N) is 2. The largest absolute Gasteiger partial charge is 0.335 e. The van der Waals surface area contributed by atoms with E-state index in [-0.39, 0.29) is 17.4 Å². The summed E-state index contributed by atoms with van der Waals surface area (Å²) in [5.74, 6) is -0.877. The monoisotopic (exact) mass is 384 g/mol. The predicted molar refractivity (Wildman–Crippen MR) is 98.1 cm³/mol. The van der Waals surface area contributed by atoms with Gasteiger partial charge in [0.1, 0.15) is 17.5 Å². The summed E-state index contributed by atoms with van der Waals surface area (Å²) in [6, 6.07) is 9.36. The highest BCUT2D eigenvalue weighted by atomic mass is 19.1. The smallest absolute Gasteiger partial charge is 0.322 e. The van der Waals surface area contributed by atoms with Crippen molar-refractivity contribution < 1.29 is 18.8 Å². The first-order valence-corrected chi connectivity index (χ1v) is 8.56. The van der Waals surface area contributed by atoms with Crippen LogP contribution in [0.5, 0.6) is 0 Å². The van der Waals surface area contributed by atoms with E-state index in [9.17, 15) is 23.7 Å². The second-order valence-electron chi connectivity index (χ2n) is 6.17. The Morgan fingerprint density at radius 2 is 1.93 bits per heavy atom. The molecule has 8 nitrogen and oxygen atoms in total. The number of imide groups is 1. The number of halogens is 1. The number of hydrogen-bond acceptors (Lipinski definition) is 5. The average Bonchev–Trinajstić information content (AvgIpc) is 3.20. The van der Waals surface area contributed by atoms with Gasteiger partial charge < -0.3 is 10.2 Å². The quantitative estimate of drug-likeness (QED) is 0.627. The summed E-state index contributed by atoms with van der Waals surface area (Å²) in [6.07, 6.45) is 0. The van der Waals surface area contributed by atoms with Gasteiger partial charge in [-0.25, -0.2) is 9.18 Å². The van der Waals surface area contributed by atoms with Crippen molar-refractivity contribution in [1.82, 2.24) is 15.5 Å². The minimum absolute atomic E-state index is 0.0583. The van der Waals surface area contributed by atoms with Crippen LogP contribution in [0.3, 0.4) is 0 Å². The van der Waals surface area contributed by atoms with Gasteiger partial charge in [-0.05, 0) is 35.9 Å². The van der Waals surface area contributed by atoms with Gasteiger partial charge in [-0.15, -0.1) is 4.91 Å². The summed E-state index contributed by atoms with van der Waals surface area (Å²) in [6.45, 7) is 3.21. The number of carbonyl (C=O) groups is 3. The van der Waals surface area contributed by atoms with Crippen LogP contribution in [0.4, 0.5) is 14.9 Å². The number of fused-ring (bicyclic) bond motifs is 1. The van der Waals surface area contributed by atoms with E-state index < -0.39 is 18.0 Å². The Morgan fingerprint density at radius 3 is 2.57 bits per heavy atom. The Morgan fingerprint density at radius 1 is 1.18 bits per heavy atom. The molecule has 0 aliphatic carbocycles. The van der Waals surface area contributed by atoms with Crippen LogP contribution in [-0.4, -0.2) is 29.3 Å². The summed E-state index contributed by atoms with van der Waals surface area (Å²) in [5, 5.41) is 7.27. The zero-order valence-corrected chi connectivity index (χ0v) is 14.9. The molecule has 1 atom stereocenters. The molecule has 1 unspecified atom stereocenters. The molecule has 4 rings (SSSR count). The van der Waals surface area contributed by atoms with Crippen LogP contribution in [0.1, 0.15) is 34.5 Å². The van der Waals surface area contributed by atoms with Crippen molar-refractivity contribution in [3.05, 3.63) is 69.9 Å². The van der Waals surface area contributed by atoms with E-state index in [1.54, 1.807) is 29.2 Å². The van der Waals surface area contributed by atoms with Crippen LogP contribution in [-0.2, 0) is 11.3 Å². The Kier molecular flexibility index (Phi) is 5.44. The number of benzene rings is 2. The summed E-state index contributed by atoms with van der Waals surface area (Å²) >= 11 is 0. The lowest BCUT2D eigenvalue weighted by atomic mass is 10.1. The second kappa shape index (κ2) is 7.95. The van der Waals surface area contributed by atoms with Crippen molar-refractivity contribution in [2.75, 3.05) is 6.54 Å². The molecule has 0 radical (unpaired) electrons. The van der Waals surface area contributed by atoms with Crippen LogP contribution >= 0.6 is 0 Å². The Bertz CT molecular complexity index is 963. The highest BCUT2D eigenvalue weighted by molar-refractivity contribution is 6.05. The predicted octanol–water partition coefficient (Wildman–Crippen LogP) is 2.77. The van der Waals surface area contributed by atoms with Crippen molar-refractivity contribution in [1.29, 1.82) is 0 Å². The van der Waals surface area contributed by atoms with Gasteiger partial charge in [0.25, 0.3) is 11.8 Å². The van der Waals surface area contributed by atoms with E-state index >= 15 is 0 Å². The fourth-order valence-electron chi connectivity index (χ4n) is 3.04. The third-order valence-electron chi connectivity index (χ3n) is 4.45. The summed E-state index contributed by atoms with van der Waals surface area (Å²) in [7, 11) is 0. The molecule has 0 bridgehead atoms. The van der Waals surface area contributed by atoms with Gasteiger partial charge in [0, 0.05) is 24.2 Å². The lowest BCUT2D eigenvalue weighted by Crippen LogP contribution is -2.22. The summed E-state index contributed by atoms with van der Waals surface area (Å²) < 4.78 is 12.8. The number of rotatable bonds is 3. The maximum Gasteiger partial charge on any atom is 0.322 e. The molecule has 144 valence electrons. The van der Waals surface area contributed by atoms with Gasteiger partial charge >= 0.3 is 6.03 Å². The summed E-state index contributed by atoms with van der Waals surface area (Å²) in [5.41, 5.74) is 1.99. The van der Waals surface area contributed by atoms with E-state index in [0.29, 0.717) is 24.2 Å². The van der Waals surface area contributed by atoms with Crippen molar-refractivity contribution in [2.24, 2.45) is 5.18 Å². The molecule has 9 heteroatoms. The third kappa shape index (κ3) is 3.73. The second-order valence-corrected chi connectivity index (χ2v) is 6.17. The van der Waals surface area contributed by atoms with Gasteiger partial charge in [0.05, 0.1) is 0 Å². The molecule has 2 aliphatic heterocycles. The zero-order chi connectivity index (χ0) is 20.3. The number of amides is 4. The van der Waals surface area contributed by atoms with Crippen LogP contribution < -0.4 is 10.6 Å². The van der Waals surface area contributed by atoms with Gasteiger partial charge in [0.15, 0.2) is 0 Å². The Balaban J connectivity index is 0.000000162.